The van der Waals surface area contributed by atoms with Crippen molar-refractivity contribution in [1.29, 1.82) is 0 Å². The summed E-state index contributed by atoms with van der Waals surface area (Å²) in [6.45, 7) is 4.67. The maximum atomic E-state index is 6.10. The van der Waals surface area contributed by atoms with Gasteiger partial charge in [-0.05, 0) is 59.1 Å². The molecule has 0 spiro atoms. The van der Waals surface area contributed by atoms with E-state index in [0.29, 0.717) is 6.54 Å². The van der Waals surface area contributed by atoms with Crippen LogP contribution in [0, 0.1) is 13.8 Å². The van der Waals surface area contributed by atoms with Gasteiger partial charge in [-0.15, -0.1) is 11.3 Å². The minimum Gasteiger partial charge on any atom is -0.376 e. The molecule has 2 nitrogen and oxygen atoms in total. The molecule has 1 unspecified atom stereocenters. The number of halogens is 3. The van der Waals surface area contributed by atoms with E-state index in [4.69, 9.17) is 17.3 Å². The number of hydrogen-bond acceptors (Lipinski definition) is 3. The predicted molar refractivity (Wildman–Crippen MR) is 96.1 cm³/mol. The summed E-state index contributed by atoms with van der Waals surface area (Å²) in [6, 6.07) is 6.31. The number of nitrogens with one attached hydrogen (secondary N) is 1. The van der Waals surface area contributed by atoms with Gasteiger partial charge in [0.25, 0.3) is 0 Å². The van der Waals surface area contributed by atoms with Crippen molar-refractivity contribution in [3.63, 3.8) is 0 Å². The van der Waals surface area contributed by atoms with Crippen LogP contribution in [0.15, 0.2) is 27.1 Å². The molecule has 0 radical (unpaired) electrons. The van der Waals surface area contributed by atoms with Crippen LogP contribution in [0.1, 0.15) is 22.0 Å². The van der Waals surface area contributed by atoms with E-state index in [-0.39, 0.29) is 6.04 Å². The topological polar surface area (TPSA) is 38.0 Å². The lowest BCUT2D eigenvalue weighted by Gasteiger charge is -2.18. The SMILES string of the molecule is Cc1cc(NC(CN)c2cc(Br)c(Cl)s2)cc(C)c1Br. The standard InChI is InChI=1S/C14H15Br2ClN2S/c1-7-3-9(4-8(2)13(7)16)19-11(6-18)12-5-10(15)14(17)20-12/h3-5,11,19H,6,18H2,1-2H3. The van der Waals surface area contributed by atoms with Gasteiger partial charge in [-0.3, -0.25) is 0 Å². The zero-order valence-corrected chi connectivity index (χ0v) is 15.9. The summed E-state index contributed by atoms with van der Waals surface area (Å²) >= 11 is 14.7. The lowest BCUT2D eigenvalue weighted by Crippen LogP contribution is -2.19. The van der Waals surface area contributed by atoms with Crippen LogP contribution in [0.25, 0.3) is 0 Å². The fourth-order valence-electron chi connectivity index (χ4n) is 2.01. The molecule has 0 aliphatic rings. The van der Waals surface area contributed by atoms with Gasteiger partial charge in [-0.1, -0.05) is 27.5 Å². The summed E-state index contributed by atoms with van der Waals surface area (Å²) in [7, 11) is 0. The molecule has 20 heavy (non-hydrogen) atoms. The van der Waals surface area contributed by atoms with E-state index in [2.05, 4.69) is 63.2 Å². The summed E-state index contributed by atoms with van der Waals surface area (Å²) in [5.41, 5.74) is 9.37. The zero-order chi connectivity index (χ0) is 14.9. The zero-order valence-electron chi connectivity index (χ0n) is 11.1. The lowest BCUT2D eigenvalue weighted by molar-refractivity contribution is 0.805. The Hall–Kier alpha value is -0.0700. The first-order valence-electron chi connectivity index (χ1n) is 6.10. The van der Waals surface area contributed by atoms with Crippen LogP contribution in [0.3, 0.4) is 0 Å². The molecule has 3 N–H and O–H groups in total. The van der Waals surface area contributed by atoms with Gasteiger partial charge in [0, 0.05) is 26.1 Å². The molecule has 0 aliphatic heterocycles. The van der Waals surface area contributed by atoms with Crippen molar-refractivity contribution >= 4 is 60.5 Å². The highest BCUT2D eigenvalue weighted by Crippen LogP contribution is 2.36. The molecule has 2 rings (SSSR count). The minimum atomic E-state index is 0.0591. The summed E-state index contributed by atoms with van der Waals surface area (Å²) in [5, 5.41) is 3.48. The van der Waals surface area contributed by atoms with Gasteiger partial charge in [0.15, 0.2) is 0 Å². The molecule has 0 fully saturated rings. The molecule has 1 aromatic heterocycles. The Bertz CT molecular complexity index is 585. The molecule has 6 heteroatoms. The van der Waals surface area contributed by atoms with Gasteiger partial charge < -0.3 is 11.1 Å². The van der Waals surface area contributed by atoms with Crippen molar-refractivity contribution in [3.05, 3.63) is 47.5 Å². The normalized spacial score (nSPS) is 12.5. The molecule has 0 saturated heterocycles. The minimum absolute atomic E-state index is 0.0591. The van der Waals surface area contributed by atoms with Crippen molar-refractivity contribution < 1.29 is 0 Å². The van der Waals surface area contributed by atoms with Crippen molar-refractivity contribution in [1.82, 2.24) is 0 Å². The fraction of sp³-hybridized carbons (Fsp3) is 0.286. The Balaban J connectivity index is 2.26. The van der Waals surface area contributed by atoms with E-state index >= 15 is 0 Å². The largest absolute Gasteiger partial charge is 0.376 e. The number of nitrogens with two attached hydrogens (primary N) is 1. The van der Waals surface area contributed by atoms with Crippen LogP contribution in [-0.4, -0.2) is 6.54 Å². The smallest absolute Gasteiger partial charge is 0.107 e. The quantitative estimate of drug-likeness (QED) is 0.647. The lowest BCUT2D eigenvalue weighted by atomic mass is 10.1. The molecular weight excluding hydrogens is 423 g/mol. The van der Waals surface area contributed by atoms with Crippen LogP contribution in [-0.2, 0) is 0 Å². The van der Waals surface area contributed by atoms with Gasteiger partial charge in [0.1, 0.15) is 4.34 Å². The molecule has 0 saturated carbocycles. The maximum Gasteiger partial charge on any atom is 0.107 e. The van der Waals surface area contributed by atoms with E-state index in [9.17, 15) is 0 Å². The number of anilines is 1. The number of aryl methyl sites for hydroxylation is 2. The average molecular weight is 439 g/mol. The van der Waals surface area contributed by atoms with Gasteiger partial charge >= 0.3 is 0 Å². The van der Waals surface area contributed by atoms with Crippen LogP contribution >= 0.6 is 54.8 Å². The predicted octanol–water partition coefficient (Wildman–Crippen LogP) is 5.66. The highest BCUT2D eigenvalue weighted by Gasteiger charge is 2.15. The van der Waals surface area contributed by atoms with Crippen molar-refractivity contribution in [2.24, 2.45) is 5.73 Å². The van der Waals surface area contributed by atoms with Gasteiger partial charge in [0.05, 0.1) is 6.04 Å². The van der Waals surface area contributed by atoms with E-state index < -0.39 is 0 Å². The van der Waals surface area contributed by atoms with Crippen LogP contribution < -0.4 is 11.1 Å². The van der Waals surface area contributed by atoms with Gasteiger partial charge in [0.2, 0.25) is 0 Å². The Kier molecular flexibility index (Phi) is 5.54. The summed E-state index contributed by atoms with van der Waals surface area (Å²) in [6.07, 6.45) is 0. The summed E-state index contributed by atoms with van der Waals surface area (Å²) < 4.78 is 2.82. The summed E-state index contributed by atoms with van der Waals surface area (Å²) in [4.78, 5) is 1.13. The number of thiophene rings is 1. The molecule has 1 heterocycles. The molecule has 0 aliphatic carbocycles. The Morgan fingerprint density at radius 1 is 1.25 bits per heavy atom. The molecule has 1 atom stereocenters. The van der Waals surface area contributed by atoms with Crippen molar-refractivity contribution in [2.45, 2.75) is 19.9 Å². The van der Waals surface area contributed by atoms with Crippen LogP contribution in [0.5, 0.6) is 0 Å². The van der Waals surface area contributed by atoms with E-state index in [1.165, 1.54) is 11.1 Å². The molecule has 108 valence electrons. The number of hydrogen-bond donors (Lipinski definition) is 2. The molecular formula is C14H15Br2ClN2S. The van der Waals surface area contributed by atoms with Crippen LogP contribution in [0.2, 0.25) is 4.34 Å². The third-order valence-electron chi connectivity index (χ3n) is 3.02. The first-order chi connectivity index (χ1) is 9.42. The molecule has 1 aromatic carbocycles. The van der Waals surface area contributed by atoms with Gasteiger partial charge in [-0.25, -0.2) is 0 Å². The maximum absolute atomic E-state index is 6.10. The fourth-order valence-corrected chi connectivity index (χ4v) is 4.04. The van der Waals surface area contributed by atoms with E-state index in [1.807, 2.05) is 6.07 Å². The second-order valence-electron chi connectivity index (χ2n) is 4.63. The monoisotopic (exact) mass is 436 g/mol. The third kappa shape index (κ3) is 3.57. The first-order valence-corrected chi connectivity index (χ1v) is 8.88. The Morgan fingerprint density at radius 3 is 2.30 bits per heavy atom. The summed E-state index contributed by atoms with van der Waals surface area (Å²) in [5.74, 6) is 0. The second kappa shape index (κ2) is 6.79. The molecule has 2 aromatic rings. The Morgan fingerprint density at radius 2 is 1.85 bits per heavy atom. The Labute approximate surface area is 145 Å². The van der Waals surface area contributed by atoms with Gasteiger partial charge in [-0.2, -0.15) is 0 Å². The number of rotatable bonds is 4. The number of benzene rings is 1. The second-order valence-corrected chi connectivity index (χ2v) is 7.96. The van der Waals surface area contributed by atoms with E-state index in [1.54, 1.807) is 11.3 Å². The van der Waals surface area contributed by atoms with Crippen molar-refractivity contribution in [3.8, 4) is 0 Å². The molecule has 0 bridgehead atoms. The van der Waals surface area contributed by atoms with Crippen LogP contribution in [0.4, 0.5) is 5.69 Å². The first kappa shape index (κ1) is 16.3. The highest BCUT2D eigenvalue weighted by molar-refractivity contribution is 9.11. The van der Waals surface area contributed by atoms with Crippen molar-refractivity contribution in [2.75, 3.05) is 11.9 Å². The molecule has 0 amide bonds. The highest BCUT2D eigenvalue weighted by atomic mass is 79.9. The third-order valence-corrected chi connectivity index (χ3v) is 6.86. The van der Waals surface area contributed by atoms with E-state index in [0.717, 1.165) is 23.8 Å². The average Bonchev–Trinajstić information content (AvgIpc) is 2.73.